The van der Waals surface area contributed by atoms with E-state index in [4.69, 9.17) is 9.47 Å². The van der Waals surface area contributed by atoms with E-state index in [1.54, 1.807) is 0 Å². The minimum absolute atomic E-state index is 0.0693. The highest BCUT2D eigenvalue weighted by Crippen LogP contribution is 2.27. The van der Waals surface area contributed by atoms with Gasteiger partial charge in [0.1, 0.15) is 5.82 Å². The van der Waals surface area contributed by atoms with Gasteiger partial charge in [0.2, 0.25) is 0 Å². The topological polar surface area (TPSA) is 27.7 Å². The van der Waals surface area contributed by atoms with Crippen LogP contribution in [0.15, 0.2) is 18.2 Å². The smallest absolute Gasteiger partial charge is 0.188 e. The summed E-state index contributed by atoms with van der Waals surface area (Å²) in [7, 11) is 2.98. The van der Waals surface area contributed by atoms with Crippen LogP contribution in [0.2, 0.25) is 0 Å². The molecule has 0 radical (unpaired) electrons. The van der Waals surface area contributed by atoms with Crippen molar-refractivity contribution in [2.75, 3.05) is 21.0 Å². The van der Waals surface area contributed by atoms with E-state index in [2.05, 4.69) is 4.74 Å². The van der Waals surface area contributed by atoms with Gasteiger partial charge in [0.15, 0.2) is 18.3 Å². The van der Waals surface area contributed by atoms with Gasteiger partial charge in [-0.3, -0.25) is 0 Å². The Morgan fingerprint density at radius 1 is 1.23 bits per heavy atom. The molecule has 0 aliphatic heterocycles. The Morgan fingerprint density at radius 3 is 2.62 bits per heavy atom. The Kier molecular flexibility index (Phi) is 3.52. The second kappa shape index (κ2) is 4.67. The van der Waals surface area contributed by atoms with Crippen LogP contribution in [0.4, 0.5) is 4.39 Å². The van der Waals surface area contributed by atoms with Crippen LogP contribution < -0.4 is 9.47 Å². The molecule has 0 spiro atoms. The minimum Gasteiger partial charge on any atom is -0.493 e. The Labute approximate surface area is 76.0 Å². The van der Waals surface area contributed by atoms with E-state index in [1.165, 1.54) is 32.4 Å². The Balaban J connectivity index is 2.81. The molecule has 3 nitrogen and oxygen atoms in total. The van der Waals surface area contributed by atoms with Crippen molar-refractivity contribution in [3.63, 3.8) is 0 Å². The quantitative estimate of drug-likeness (QED) is 0.671. The second-order valence-electron chi connectivity index (χ2n) is 2.35. The lowest BCUT2D eigenvalue weighted by atomic mass is 10.3. The lowest BCUT2D eigenvalue weighted by molar-refractivity contribution is 0.0489. The van der Waals surface area contributed by atoms with Crippen molar-refractivity contribution in [1.29, 1.82) is 0 Å². The number of rotatable bonds is 4. The monoisotopic (exact) mass is 186 g/mol. The number of benzene rings is 1. The highest BCUT2D eigenvalue weighted by molar-refractivity contribution is 5.39. The molecule has 0 bridgehead atoms. The molecule has 4 heteroatoms. The third kappa shape index (κ3) is 2.59. The van der Waals surface area contributed by atoms with Gasteiger partial charge < -0.3 is 14.2 Å². The fourth-order valence-electron chi connectivity index (χ4n) is 0.886. The lowest BCUT2D eigenvalue weighted by Gasteiger charge is -2.08. The van der Waals surface area contributed by atoms with Crippen LogP contribution in [0, 0.1) is 5.82 Å². The summed E-state index contributed by atoms with van der Waals surface area (Å²) in [5.41, 5.74) is 0. The summed E-state index contributed by atoms with van der Waals surface area (Å²) < 4.78 is 27.4. The molecule has 0 aliphatic carbocycles. The summed E-state index contributed by atoms with van der Waals surface area (Å²) in [6, 6.07) is 4.05. The third-order valence-electron chi connectivity index (χ3n) is 1.46. The fourth-order valence-corrected chi connectivity index (χ4v) is 0.886. The average Bonchev–Trinajstić information content (AvgIpc) is 2.15. The molecule has 0 amide bonds. The summed E-state index contributed by atoms with van der Waals surface area (Å²) >= 11 is 0. The van der Waals surface area contributed by atoms with Crippen molar-refractivity contribution in [2.45, 2.75) is 0 Å². The zero-order chi connectivity index (χ0) is 9.68. The van der Waals surface area contributed by atoms with Crippen molar-refractivity contribution >= 4 is 0 Å². The molecule has 72 valence electrons. The first-order chi connectivity index (χ1) is 6.27. The Bertz CT molecular complexity index is 276. The molecule has 0 atom stereocenters. The first kappa shape index (κ1) is 9.80. The molecule has 0 saturated carbocycles. The lowest BCUT2D eigenvalue weighted by Crippen LogP contribution is -2.00. The number of halogens is 1. The summed E-state index contributed by atoms with van der Waals surface area (Å²) in [5.74, 6) is 0.453. The van der Waals surface area contributed by atoms with Crippen LogP contribution in [0.5, 0.6) is 11.5 Å². The van der Waals surface area contributed by atoms with Gasteiger partial charge in [-0.25, -0.2) is 4.39 Å². The molecule has 1 aromatic rings. The van der Waals surface area contributed by atoms with Gasteiger partial charge in [-0.15, -0.1) is 0 Å². The second-order valence-corrected chi connectivity index (χ2v) is 2.35. The maximum absolute atomic E-state index is 12.7. The van der Waals surface area contributed by atoms with Gasteiger partial charge in [0.25, 0.3) is 0 Å². The number of hydrogen-bond donors (Lipinski definition) is 0. The Hall–Kier alpha value is -1.29. The maximum Gasteiger partial charge on any atom is 0.188 e. The largest absolute Gasteiger partial charge is 0.493 e. The molecule has 0 fully saturated rings. The van der Waals surface area contributed by atoms with Crippen LogP contribution in [0.25, 0.3) is 0 Å². The van der Waals surface area contributed by atoms with E-state index in [1.807, 2.05) is 0 Å². The first-order valence-corrected chi connectivity index (χ1v) is 3.73. The average molecular weight is 186 g/mol. The predicted molar refractivity (Wildman–Crippen MR) is 45.5 cm³/mol. The van der Waals surface area contributed by atoms with E-state index < -0.39 is 0 Å². The van der Waals surface area contributed by atoms with Gasteiger partial charge in [-0.2, -0.15) is 0 Å². The van der Waals surface area contributed by atoms with Crippen molar-refractivity contribution < 1.29 is 18.6 Å². The number of methoxy groups -OCH3 is 2. The van der Waals surface area contributed by atoms with E-state index in [0.717, 1.165) is 0 Å². The molecule has 0 aliphatic rings. The molecule has 0 aromatic heterocycles. The zero-order valence-corrected chi connectivity index (χ0v) is 7.54. The van der Waals surface area contributed by atoms with Crippen molar-refractivity contribution in [3.05, 3.63) is 24.0 Å². The predicted octanol–water partition coefficient (Wildman–Crippen LogP) is 1.82. The molecule has 0 unspecified atom stereocenters. The summed E-state index contributed by atoms with van der Waals surface area (Å²) in [6.45, 7) is 0.0693. The van der Waals surface area contributed by atoms with Crippen LogP contribution in [0.3, 0.4) is 0 Å². The molecule has 0 saturated heterocycles. The minimum atomic E-state index is -0.369. The summed E-state index contributed by atoms with van der Waals surface area (Å²) in [5, 5.41) is 0. The Morgan fingerprint density at radius 2 is 2.00 bits per heavy atom. The van der Waals surface area contributed by atoms with E-state index in [0.29, 0.717) is 11.5 Å². The number of hydrogen-bond acceptors (Lipinski definition) is 3. The van der Waals surface area contributed by atoms with Gasteiger partial charge in [0, 0.05) is 13.2 Å². The van der Waals surface area contributed by atoms with Crippen LogP contribution in [0.1, 0.15) is 0 Å². The standard InChI is InChI=1S/C9H11FO3/c1-11-6-13-9-5-7(10)3-4-8(9)12-2/h3-5H,6H2,1-2H3. The van der Waals surface area contributed by atoms with Gasteiger partial charge in [-0.05, 0) is 12.1 Å². The zero-order valence-electron chi connectivity index (χ0n) is 7.54. The maximum atomic E-state index is 12.7. The van der Waals surface area contributed by atoms with Crippen molar-refractivity contribution in [2.24, 2.45) is 0 Å². The normalized spacial score (nSPS) is 9.77. The molecule has 1 aromatic carbocycles. The highest BCUT2D eigenvalue weighted by Gasteiger charge is 2.04. The molecule has 1 rings (SSSR count). The molecule has 0 heterocycles. The van der Waals surface area contributed by atoms with Gasteiger partial charge in [0.05, 0.1) is 7.11 Å². The van der Waals surface area contributed by atoms with E-state index >= 15 is 0 Å². The van der Waals surface area contributed by atoms with Gasteiger partial charge in [-0.1, -0.05) is 0 Å². The van der Waals surface area contributed by atoms with E-state index in [-0.39, 0.29) is 12.6 Å². The summed E-state index contributed by atoms with van der Waals surface area (Å²) in [4.78, 5) is 0. The van der Waals surface area contributed by atoms with Crippen LogP contribution >= 0.6 is 0 Å². The molecular weight excluding hydrogens is 175 g/mol. The van der Waals surface area contributed by atoms with Crippen LogP contribution in [-0.4, -0.2) is 21.0 Å². The molecular formula is C9H11FO3. The first-order valence-electron chi connectivity index (χ1n) is 3.73. The third-order valence-corrected chi connectivity index (χ3v) is 1.46. The molecule has 13 heavy (non-hydrogen) atoms. The summed E-state index contributed by atoms with van der Waals surface area (Å²) in [6.07, 6.45) is 0. The van der Waals surface area contributed by atoms with Crippen molar-refractivity contribution in [1.82, 2.24) is 0 Å². The van der Waals surface area contributed by atoms with Gasteiger partial charge >= 0.3 is 0 Å². The van der Waals surface area contributed by atoms with E-state index in [9.17, 15) is 4.39 Å². The SMILES string of the molecule is COCOc1cc(F)ccc1OC. The molecule has 0 N–H and O–H groups in total. The number of ether oxygens (including phenoxy) is 3. The van der Waals surface area contributed by atoms with Crippen molar-refractivity contribution in [3.8, 4) is 11.5 Å². The fraction of sp³-hybridized carbons (Fsp3) is 0.333. The highest BCUT2D eigenvalue weighted by atomic mass is 19.1. The van der Waals surface area contributed by atoms with Crippen LogP contribution in [-0.2, 0) is 4.74 Å².